The minimum Gasteiger partial charge on any atom is -0.481 e. The van der Waals surface area contributed by atoms with E-state index in [9.17, 15) is 9.59 Å². The summed E-state index contributed by atoms with van der Waals surface area (Å²) in [5.74, 6) is -2.30. The van der Waals surface area contributed by atoms with E-state index in [0.29, 0.717) is 12.3 Å². The second kappa shape index (κ2) is 15.2. The molecule has 4 heteroatoms. The van der Waals surface area contributed by atoms with Gasteiger partial charge >= 0.3 is 11.9 Å². The van der Waals surface area contributed by atoms with Crippen LogP contribution in [0.15, 0.2) is 60.7 Å². The number of benzene rings is 2. The highest BCUT2D eigenvalue weighted by Crippen LogP contribution is 2.30. The SMILES string of the molecule is O=C(O)CC(CCCCCCCCCCCC(c1ccccc1)c1ccccc1)C(=O)O. The number of unbranched alkanes of at least 4 members (excludes halogenated alkanes) is 8. The van der Waals surface area contributed by atoms with E-state index in [1.807, 2.05) is 0 Å². The minimum absolute atomic E-state index is 0.273. The molecule has 0 saturated carbocycles. The lowest BCUT2D eigenvalue weighted by atomic mass is 9.87. The van der Waals surface area contributed by atoms with Crippen LogP contribution < -0.4 is 0 Å². The van der Waals surface area contributed by atoms with E-state index in [2.05, 4.69) is 60.7 Å². The molecule has 2 aromatic rings. The van der Waals surface area contributed by atoms with Crippen molar-refractivity contribution in [1.82, 2.24) is 0 Å². The third kappa shape index (κ3) is 10.1. The smallest absolute Gasteiger partial charge is 0.307 e. The summed E-state index contributed by atoms with van der Waals surface area (Å²) < 4.78 is 0. The summed E-state index contributed by atoms with van der Waals surface area (Å²) in [6, 6.07) is 21.6. The van der Waals surface area contributed by atoms with Crippen LogP contribution in [0.2, 0.25) is 0 Å². The number of carboxylic acids is 2. The lowest BCUT2D eigenvalue weighted by Crippen LogP contribution is -2.17. The van der Waals surface area contributed by atoms with Crippen molar-refractivity contribution in [2.75, 3.05) is 0 Å². The Morgan fingerprint density at radius 1 is 0.594 bits per heavy atom. The topological polar surface area (TPSA) is 74.6 Å². The van der Waals surface area contributed by atoms with Gasteiger partial charge in [0.2, 0.25) is 0 Å². The van der Waals surface area contributed by atoms with Gasteiger partial charge in [0.05, 0.1) is 12.3 Å². The van der Waals surface area contributed by atoms with Crippen LogP contribution in [0.3, 0.4) is 0 Å². The van der Waals surface area contributed by atoms with Crippen molar-refractivity contribution in [1.29, 1.82) is 0 Å². The van der Waals surface area contributed by atoms with Gasteiger partial charge in [-0.3, -0.25) is 9.59 Å². The molecule has 0 spiro atoms. The largest absolute Gasteiger partial charge is 0.481 e. The fourth-order valence-corrected chi connectivity index (χ4v) is 4.40. The van der Waals surface area contributed by atoms with Gasteiger partial charge in [-0.2, -0.15) is 0 Å². The first-order valence-electron chi connectivity index (χ1n) is 12.1. The minimum atomic E-state index is -1.03. The molecule has 0 saturated heterocycles. The summed E-state index contributed by atoms with van der Waals surface area (Å²) in [6.45, 7) is 0. The van der Waals surface area contributed by atoms with Crippen LogP contribution in [-0.4, -0.2) is 22.2 Å². The van der Waals surface area contributed by atoms with Crippen molar-refractivity contribution in [3.63, 3.8) is 0 Å². The summed E-state index contributed by atoms with van der Waals surface area (Å²) >= 11 is 0. The third-order valence-electron chi connectivity index (χ3n) is 6.22. The molecule has 0 fully saturated rings. The second-order valence-electron chi connectivity index (χ2n) is 8.77. The Balaban J connectivity index is 1.56. The van der Waals surface area contributed by atoms with Gasteiger partial charge in [-0.15, -0.1) is 0 Å². The van der Waals surface area contributed by atoms with E-state index in [4.69, 9.17) is 10.2 Å². The molecule has 0 aromatic heterocycles. The van der Waals surface area contributed by atoms with Crippen molar-refractivity contribution in [3.8, 4) is 0 Å². The number of rotatable bonds is 17. The molecule has 2 aromatic carbocycles. The predicted molar refractivity (Wildman–Crippen MR) is 129 cm³/mol. The van der Waals surface area contributed by atoms with E-state index in [0.717, 1.165) is 19.3 Å². The maximum Gasteiger partial charge on any atom is 0.307 e. The van der Waals surface area contributed by atoms with Crippen LogP contribution in [0.25, 0.3) is 0 Å². The van der Waals surface area contributed by atoms with Crippen LogP contribution in [0.4, 0.5) is 0 Å². The van der Waals surface area contributed by atoms with Gasteiger partial charge in [0, 0.05) is 5.92 Å². The van der Waals surface area contributed by atoms with Crippen LogP contribution in [-0.2, 0) is 9.59 Å². The summed E-state index contributed by atoms with van der Waals surface area (Å²) in [5, 5.41) is 17.8. The normalized spacial score (nSPS) is 12.0. The highest BCUT2D eigenvalue weighted by atomic mass is 16.4. The monoisotopic (exact) mass is 438 g/mol. The van der Waals surface area contributed by atoms with Gasteiger partial charge in [-0.1, -0.05) is 118 Å². The van der Waals surface area contributed by atoms with Crippen LogP contribution in [0.1, 0.15) is 94.1 Å². The van der Waals surface area contributed by atoms with Crippen LogP contribution in [0, 0.1) is 5.92 Å². The van der Waals surface area contributed by atoms with E-state index >= 15 is 0 Å². The third-order valence-corrected chi connectivity index (χ3v) is 6.22. The molecule has 0 aliphatic heterocycles. The Morgan fingerprint density at radius 3 is 1.41 bits per heavy atom. The van der Waals surface area contributed by atoms with Crippen molar-refractivity contribution in [2.45, 2.75) is 83.0 Å². The van der Waals surface area contributed by atoms with Gasteiger partial charge in [-0.05, 0) is 24.0 Å². The molecule has 0 aliphatic rings. The maximum absolute atomic E-state index is 11.1. The number of hydrogen-bond acceptors (Lipinski definition) is 2. The van der Waals surface area contributed by atoms with Gasteiger partial charge in [0.1, 0.15) is 0 Å². The quantitative estimate of drug-likeness (QED) is 0.254. The van der Waals surface area contributed by atoms with Crippen molar-refractivity contribution in [3.05, 3.63) is 71.8 Å². The molecule has 0 bridgehead atoms. The fraction of sp³-hybridized carbons (Fsp3) is 0.500. The standard InChI is InChI=1S/C28H38O4/c29-27(30)22-25(28(31)32)20-10-6-4-2-1-3-5-7-15-21-26(23-16-11-8-12-17-23)24-18-13-9-14-19-24/h8-9,11-14,16-19,25-26H,1-7,10,15,20-22H2,(H,29,30)(H,31,32). The van der Waals surface area contributed by atoms with Crippen LogP contribution in [0.5, 0.6) is 0 Å². The molecule has 0 heterocycles. The Kier molecular flexibility index (Phi) is 12.2. The van der Waals surface area contributed by atoms with Crippen molar-refractivity contribution >= 4 is 11.9 Å². The Hall–Kier alpha value is -2.62. The molecule has 32 heavy (non-hydrogen) atoms. The van der Waals surface area contributed by atoms with Gasteiger partial charge in [-0.25, -0.2) is 0 Å². The number of carboxylic acid groups (broad SMARTS) is 2. The second-order valence-corrected chi connectivity index (χ2v) is 8.77. The zero-order valence-corrected chi connectivity index (χ0v) is 19.1. The van der Waals surface area contributed by atoms with Crippen molar-refractivity contribution in [2.24, 2.45) is 5.92 Å². The molecule has 2 rings (SSSR count). The Morgan fingerprint density at radius 2 is 1.00 bits per heavy atom. The highest BCUT2D eigenvalue weighted by Gasteiger charge is 2.20. The lowest BCUT2D eigenvalue weighted by Gasteiger charge is -2.18. The van der Waals surface area contributed by atoms with Crippen molar-refractivity contribution < 1.29 is 19.8 Å². The van der Waals surface area contributed by atoms with E-state index < -0.39 is 17.9 Å². The van der Waals surface area contributed by atoms with E-state index in [1.165, 1.54) is 56.1 Å². The maximum atomic E-state index is 11.1. The average Bonchev–Trinajstić information content (AvgIpc) is 2.80. The number of carbonyl (C=O) groups is 2. The first kappa shape index (κ1) is 25.6. The zero-order valence-electron chi connectivity index (χ0n) is 19.1. The molecule has 4 nitrogen and oxygen atoms in total. The molecular weight excluding hydrogens is 400 g/mol. The summed E-state index contributed by atoms with van der Waals surface area (Å²) in [6.07, 6.45) is 11.6. The van der Waals surface area contributed by atoms with Gasteiger partial charge in [0.25, 0.3) is 0 Å². The molecule has 1 unspecified atom stereocenters. The van der Waals surface area contributed by atoms with Crippen LogP contribution >= 0.6 is 0 Å². The lowest BCUT2D eigenvalue weighted by molar-refractivity contribution is -0.148. The van der Waals surface area contributed by atoms with E-state index in [-0.39, 0.29) is 6.42 Å². The Labute approximate surface area is 192 Å². The molecular formula is C28H38O4. The number of aliphatic carboxylic acids is 2. The molecule has 2 N–H and O–H groups in total. The summed E-state index contributed by atoms with van der Waals surface area (Å²) in [5.41, 5.74) is 2.79. The molecule has 1 atom stereocenters. The molecule has 0 amide bonds. The summed E-state index contributed by atoms with van der Waals surface area (Å²) in [4.78, 5) is 21.8. The highest BCUT2D eigenvalue weighted by molar-refractivity contribution is 5.77. The average molecular weight is 439 g/mol. The summed E-state index contributed by atoms with van der Waals surface area (Å²) in [7, 11) is 0. The van der Waals surface area contributed by atoms with E-state index in [1.54, 1.807) is 0 Å². The fourth-order valence-electron chi connectivity index (χ4n) is 4.40. The molecule has 0 aliphatic carbocycles. The number of hydrogen-bond donors (Lipinski definition) is 2. The van der Waals surface area contributed by atoms with Gasteiger partial charge in [0.15, 0.2) is 0 Å². The first-order valence-corrected chi connectivity index (χ1v) is 12.1. The first-order chi connectivity index (χ1) is 15.6. The zero-order chi connectivity index (χ0) is 23.0. The molecule has 174 valence electrons. The Bertz CT molecular complexity index is 733. The van der Waals surface area contributed by atoms with Gasteiger partial charge < -0.3 is 10.2 Å². The molecule has 0 radical (unpaired) electrons. The predicted octanol–water partition coefficient (Wildman–Crippen LogP) is 7.29.